The molecule has 0 saturated heterocycles. The van der Waals surface area contributed by atoms with Gasteiger partial charge >= 0.3 is 0 Å². The molecule has 0 bridgehead atoms. The van der Waals surface area contributed by atoms with Crippen molar-refractivity contribution in [1.82, 2.24) is 4.98 Å². The summed E-state index contributed by atoms with van der Waals surface area (Å²) in [6.45, 7) is 0. The monoisotopic (exact) mass is 195 g/mol. The molecule has 0 aliphatic heterocycles. The summed E-state index contributed by atoms with van der Waals surface area (Å²) in [5, 5.41) is 1.74. The number of nitrogens with zero attached hydrogens (tertiary/aromatic N) is 1. The second kappa shape index (κ2) is 2.89. The first-order chi connectivity index (χ1) is 4.58. The summed E-state index contributed by atoms with van der Waals surface area (Å²) in [5.74, 6) is 0. The summed E-state index contributed by atoms with van der Waals surface area (Å²) < 4.78 is 21.8. The molecule has 0 aliphatic carbocycles. The van der Waals surface area contributed by atoms with Crippen LogP contribution in [0.1, 0.15) is 0 Å². The largest absolute Gasteiger partial charge is 0.237 e. The average molecular weight is 195 g/mol. The lowest BCUT2D eigenvalue weighted by Gasteiger charge is -1.88. The average Bonchev–Trinajstić information content (AvgIpc) is 2.12. The molecule has 1 aromatic rings. The summed E-state index contributed by atoms with van der Waals surface area (Å²) in [7, 11) is -2.20. The lowest BCUT2D eigenvalue weighted by atomic mass is 11.0. The summed E-state index contributed by atoms with van der Waals surface area (Å²) >= 11 is 1.32. The minimum Gasteiger partial charge on any atom is -0.237 e. The lowest BCUT2D eigenvalue weighted by molar-refractivity contribution is 0.615. The van der Waals surface area contributed by atoms with Crippen LogP contribution in [0.15, 0.2) is 15.9 Å². The minimum atomic E-state index is -2.98. The Balaban J connectivity index is 2.75. The molecule has 0 aliphatic rings. The molecule has 1 aromatic heterocycles. The van der Waals surface area contributed by atoms with Gasteiger partial charge in [-0.15, -0.1) is 11.3 Å². The number of hydrogen-bond donors (Lipinski definition) is 0. The normalized spacial score (nSPS) is 11.7. The van der Waals surface area contributed by atoms with Gasteiger partial charge in [0, 0.05) is 28.6 Å². The van der Waals surface area contributed by atoms with Crippen molar-refractivity contribution in [3.05, 3.63) is 11.6 Å². The molecule has 10 heavy (non-hydrogen) atoms. The van der Waals surface area contributed by atoms with Crippen molar-refractivity contribution in [2.45, 2.75) is 4.34 Å². The Bertz CT molecular complexity index is 288. The van der Waals surface area contributed by atoms with Crippen molar-refractivity contribution >= 4 is 31.0 Å². The zero-order valence-corrected chi connectivity index (χ0v) is 7.59. The van der Waals surface area contributed by atoms with Crippen LogP contribution in [0, 0.1) is 0 Å². The molecule has 6 heteroatoms. The maximum Gasteiger partial charge on any atom is 0.205 e. The molecule has 1 heterocycles. The highest BCUT2D eigenvalue weighted by atomic mass is 33.1. The first-order valence-corrected chi connectivity index (χ1v) is 6.47. The van der Waals surface area contributed by atoms with Gasteiger partial charge in [-0.25, -0.2) is 13.4 Å². The van der Waals surface area contributed by atoms with Crippen molar-refractivity contribution in [1.29, 1.82) is 0 Å². The highest BCUT2D eigenvalue weighted by molar-refractivity contribution is 8.72. The molecule has 0 spiro atoms. The molecule has 0 fully saturated rings. The number of rotatable bonds is 2. The number of thiazole rings is 1. The van der Waals surface area contributed by atoms with Gasteiger partial charge in [0.05, 0.1) is 0 Å². The molecule has 56 valence electrons. The number of hydrogen-bond acceptors (Lipinski definition) is 5. The molecule has 0 unspecified atom stereocenters. The van der Waals surface area contributed by atoms with Crippen LogP contribution in [0.3, 0.4) is 0 Å². The van der Waals surface area contributed by atoms with Gasteiger partial charge in [0.25, 0.3) is 0 Å². The van der Waals surface area contributed by atoms with E-state index in [1.807, 2.05) is 0 Å². The fraction of sp³-hybridized carbons (Fsp3) is 0.250. The zero-order valence-electron chi connectivity index (χ0n) is 5.14. The Labute approximate surface area is 66.8 Å². The van der Waals surface area contributed by atoms with E-state index >= 15 is 0 Å². The van der Waals surface area contributed by atoms with E-state index in [1.165, 1.54) is 17.6 Å². The third kappa shape index (κ3) is 2.68. The molecule has 0 amide bonds. The minimum absolute atomic E-state index is 0.572. The van der Waals surface area contributed by atoms with Crippen molar-refractivity contribution in [3.8, 4) is 0 Å². The molecule has 0 atom stereocenters. The second-order valence-corrected chi connectivity index (χ2v) is 7.02. The van der Waals surface area contributed by atoms with Gasteiger partial charge in [0.1, 0.15) is 0 Å². The molecule has 1 rings (SSSR count). The van der Waals surface area contributed by atoms with Crippen LogP contribution in [0.25, 0.3) is 0 Å². The first-order valence-electron chi connectivity index (χ1n) is 2.37. The van der Waals surface area contributed by atoms with E-state index in [2.05, 4.69) is 4.98 Å². The molecule has 0 aromatic carbocycles. The number of aromatic nitrogens is 1. The van der Waals surface area contributed by atoms with E-state index in [1.54, 1.807) is 11.6 Å². The SMILES string of the molecule is CS(=O)(=O)Sc1nccs1. The van der Waals surface area contributed by atoms with Crippen molar-refractivity contribution < 1.29 is 8.42 Å². The third-order valence-corrected chi connectivity index (χ3v) is 3.98. The summed E-state index contributed by atoms with van der Waals surface area (Å²) in [5.41, 5.74) is 0. The van der Waals surface area contributed by atoms with Gasteiger partial charge in [0.2, 0.25) is 8.87 Å². The Morgan fingerprint density at radius 3 is 2.80 bits per heavy atom. The van der Waals surface area contributed by atoms with Gasteiger partial charge in [0.15, 0.2) is 4.34 Å². The lowest BCUT2D eigenvalue weighted by Crippen LogP contribution is -1.86. The van der Waals surface area contributed by atoms with Crippen LogP contribution in [0.4, 0.5) is 0 Å². The van der Waals surface area contributed by atoms with E-state index < -0.39 is 8.87 Å². The van der Waals surface area contributed by atoms with Gasteiger partial charge in [-0.05, 0) is 0 Å². The van der Waals surface area contributed by atoms with Crippen LogP contribution >= 0.6 is 22.1 Å². The Kier molecular flexibility index (Phi) is 2.32. The van der Waals surface area contributed by atoms with Crippen molar-refractivity contribution in [3.63, 3.8) is 0 Å². The van der Waals surface area contributed by atoms with E-state index in [0.29, 0.717) is 4.34 Å². The van der Waals surface area contributed by atoms with Crippen LogP contribution in [-0.4, -0.2) is 19.7 Å². The maximum absolute atomic E-state index is 10.6. The van der Waals surface area contributed by atoms with Crippen molar-refractivity contribution in [2.24, 2.45) is 0 Å². The van der Waals surface area contributed by atoms with Gasteiger partial charge < -0.3 is 0 Å². The predicted octanol–water partition coefficient (Wildman–Crippen LogP) is 1.19. The molecule has 0 saturated carbocycles. The standard InChI is InChI=1S/C4H5NO2S3/c1-10(6,7)9-4-5-2-3-8-4/h2-3H,1H3. The smallest absolute Gasteiger partial charge is 0.205 e. The first kappa shape index (κ1) is 8.03. The van der Waals surface area contributed by atoms with E-state index in [-0.39, 0.29) is 0 Å². The topological polar surface area (TPSA) is 47.0 Å². The van der Waals surface area contributed by atoms with Crippen LogP contribution < -0.4 is 0 Å². The Hall–Kier alpha value is -0.0700. The fourth-order valence-corrected chi connectivity index (χ4v) is 3.80. The van der Waals surface area contributed by atoms with Crippen LogP contribution in [0.5, 0.6) is 0 Å². The van der Waals surface area contributed by atoms with Gasteiger partial charge in [-0.1, -0.05) is 0 Å². The zero-order chi connectivity index (χ0) is 7.61. The molecule has 0 radical (unpaired) electrons. The summed E-state index contributed by atoms with van der Waals surface area (Å²) in [6, 6.07) is 0. The van der Waals surface area contributed by atoms with E-state index in [0.717, 1.165) is 10.8 Å². The quantitative estimate of drug-likeness (QED) is 0.665. The Morgan fingerprint density at radius 1 is 1.70 bits per heavy atom. The van der Waals surface area contributed by atoms with Gasteiger partial charge in [-0.3, -0.25) is 0 Å². The Morgan fingerprint density at radius 2 is 2.40 bits per heavy atom. The van der Waals surface area contributed by atoms with Crippen LogP contribution in [-0.2, 0) is 8.87 Å². The highest BCUT2D eigenvalue weighted by Gasteiger charge is 2.06. The molecule has 0 N–H and O–H groups in total. The maximum atomic E-state index is 10.6. The fourth-order valence-electron chi connectivity index (χ4n) is 0.381. The van der Waals surface area contributed by atoms with Gasteiger partial charge in [-0.2, -0.15) is 0 Å². The van der Waals surface area contributed by atoms with Crippen molar-refractivity contribution in [2.75, 3.05) is 6.26 Å². The predicted molar refractivity (Wildman–Crippen MR) is 42.8 cm³/mol. The molecular weight excluding hydrogens is 190 g/mol. The third-order valence-electron chi connectivity index (χ3n) is 0.632. The highest BCUT2D eigenvalue weighted by Crippen LogP contribution is 2.24. The van der Waals surface area contributed by atoms with Crippen LogP contribution in [0.2, 0.25) is 0 Å². The van der Waals surface area contributed by atoms with E-state index in [9.17, 15) is 8.42 Å². The van der Waals surface area contributed by atoms with E-state index in [4.69, 9.17) is 0 Å². The summed E-state index contributed by atoms with van der Waals surface area (Å²) in [4.78, 5) is 3.80. The summed E-state index contributed by atoms with van der Waals surface area (Å²) in [6.07, 6.45) is 2.75. The molecule has 3 nitrogen and oxygen atoms in total. The second-order valence-electron chi connectivity index (χ2n) is 1.59. The molecular formula is C4H5NO2S3.